The van der Waals surface area contributed by atoms with E-state index in [9.17, 15) is 18.0 Å². The van der Waals surface area contributed by atoms with Crippen LogP contribution in [0.4, 0.5) is 13.2 Å². The summed E-state index contributed by atoms with van der Waals surface area (Å²) in [6.45, 7) is 0. The topological polar surface area (TPSA) is 17.1 Å². The summed E-state index contributed by atoms with van der Waals surface area (Å²) in [5.41, 5.74) is 0. The molecule has 0 radical (unpaired) electrons. The molecule has 0 aromatic heterocycles. The van der Waals surface area contributed by atoms with Gasteiger partial charge in [-0.05, 0) is 5.92 Å². The lowest BCUT2D eigenvalue weighted by Crippen LogP contribution is -2.01. The van der Waals surface area contributed by atoms with Crippen LogP contribution < -0.4 is 0 Å². The van der Waals surface area contributed by atoms with Crippen molar-refractivity contribution in [2.75, 3.05) is 0 Å². The molecule has 0 aliphatic rings. The molecule has 0 bridgehead atoms. The van der Waals surface area contributed by atoms with Gasteiger partial charge in [0.15, 0.2) is 6.29 Å². The van der Waals surface area contributed by atoms with Crippen molar-refractivity contribution in [3.8, 4) is 11.8 Å². The summed E-state index contributed by atoms with van der Waals surface area (Å²) in [5, 5.41) is 0. The highest BCUT2D eigenvalue weighted by atomic mass is 19.4. The second-order valence-corrected chi connectivity index (χ2v) is 0.885. The van der Waals surface area contributed by atoms with E-state index in [2.05, 4.69) is 0 Å². The van der Waals surface area contributed by atoms with Crippen molar-refractivity contribution >= 4 is 6.29 Å². The van der Waals surface area contributed by atoms with Crippen LogP contribution in [0.2, 0.25) is 0 Å². The van der Waals surface area contributed by atoms with Gasteiger partial charge in [0.25, 0.3) is 0 Å². The van der Waals surface area contributed by atoms with Crippen LogP contribution in [0.1, 0.15) is 0 Å². The minimum absolute atomic E-state index is 0.104. The van der Waals surface area contributed by atoms with E-state index in [1.54, 1.807) is 0 Å². The molecule has 0 N–H and O–H groups in total. The molecule has 0 aliphatic carbocycles. The molecule has 0 aliphatic heterocycles. The first kappa shape index (κ1) is 7.02. The van der Waals surface area contributed by atoms with Gasteiger partial charge in [0.2, 0.25) is 0 Å². The number of halogens is 3. The Hall–Kier alpha value is -0.980. The first-order valence-electron chi connectivity index (χ1n) is 1.59. The predicted molar refractivity (Wildman–Crippen MR) is 19.9 cm³/mol. The van der Waals surface area contributed by atoms with Crippen LogP contribution in [-0.4, -0.2) is 12.5 Å². The van der Waals surface area contributed by atoms with Crippen LogP contribution in [0, 0.1) is 11.8 Å². The maximum Gasteiger partial charge on any atom is 0.458 e. The van der Waals surface area contributed by atoms with Gasteiger partial charge < -0.3 is 0 Å². The molecule has 0 aromatic carbocycles. The number of carbonyl (C=O) groups is 1. The lowest BCUT2D eigenvalue weighted by Gasteiger charge is -1.88. The summed E-state index contributed by atoms with van der Waals surface area (Å²) in [6.07, 6.45) is -4.64. The smallest absolute Gasteiger partial charge is 0.289 e. The van der Waals surface area contributed by atoms with E-state index in [0.717, 1.165) is 5.92 Å². The largest absolute Gasteiger partial charge is 0.458 e. The van der Waals surface area contributed by atoms with Gasteiger partial charge >= 0.3 is 6.18 Å². The first-order valence-corrected chi connectivity index (χ1v) is 1.59. The zero-order chi connectivity index (χ0) is 6.62. The summed E-state index contributed by atoms with van der Waals surface area (Å²) < 4.78 is 32.7. The molecule has 0 saturated carbocycles. The van der Waals surface area contributed by atoms with Gasteiger partial charge in [-0.3, -0.25) is 4.79 Å². The van der Waals surface area contributed by atoms with Gasteiger partial charge in [0.05, 0.1) is 0 Å². The fourth-order valence-electron chi connectivity index (χ4n) is 0.111. The molecule has 0 heterocycles. The minimum Gasteiger partial charge on any atom is -0.289 e. The van der Waals surface area contributed by atoms with E-state index in [-0.39, 0.29) is 6.29 Å². The van der Waals surface area contributed by atoms with Crippen LogP contribution in [-0.2, 0) is 4.79 Å². The predicted octanol–water partition coefficient (Wildman–Crippen LogP) is 0.751. The molecule has 1 nitrogen and oxygen atoms in total. The maximum absolute atomic E-state index is 10.9. The van der Waals surface area contributed by atoms with Crippen LogP contribution in [0.3, 0.4) is 0 Å². The van der Waals surface area contributed by atoms with Crippen LogP contribution >= 0.6 is 0 Å². The van der Waals surface area contributed by atoms with Crippen molar-refractivity contribution in [2.24, 2.45) is 0 Å². The summed E-state index contributed by atoms with van der Waals surface area (Å²) in [6, 6.07) is 0. The Bertz CT molecular complexity index is 136. The van der Waals surface area contributed by atoms with Gasteiger partial charge in [0.1, 0.15) is 0 Å². The Morgan fingerprint density at radius 2 is 1.88 bits per heavy atom. The van der Waals surface area contributed by atoms with Gasteiger partial charge in [-0.1, -0.05) is 0 Å². The minimum atomic E-state index is -4.54. The third kappa shape index (κ3) is 5.02. The fourth-order valence-corrected chi connectivity index (χ4v) is 0.111. The molecule has 0 aromatic rings. The van der Waals surface area contributed by atoms with Gasteiger partial charge in [0, 0.05) is 5.92 Å². The third-order valence-electron chi connectivity index (χ3n) is 0.273. The number of aldehydes is 1. The molecule has 0 spiro atoms. The number of hydrogen-bond acceptors (Lipinski definition) is 1. The monoisotopic (exact) mass is 122 g/mol. The van der Waals surface area contributed by atoms with Crippen LogP contribution in [0.5, 0.6) is 0 Å². The molecular weight excluding hydrogens is 121 g/mol. The third-order valence-corrected chi connectivity index (χ3v) is 0.273. The van der Waals surface area contributed by atoms with E-state index in [4.69, 9.17) is 0 Å². The molecule has 0 saturated heterocycles. The summed E-state index contributed by atoms with van der Waals surface area (Å²) in [5.74, 6) is 1.99. The number of alkyl halides is 3. The zero-order valence-corrected chi connectivity index (χ0v) is 3.62. The van der Waals surface area contributed by atoms with Gasteiger partial charge in [-0.2, -0.15) is 13.2 Å². The fraction of sp³-hybridized carbons (Fsp3) is 0.250. The van der Waals surface area contributed by atoms with Crippen molar-refractivity contribution in [3.63, 3.8) is 0 Å². The average Bonchev–Trinajstić information content (AvgIpc) is 1.59. The molecule has 4 heteroatoms. The highest BCUT2D eigenvalue weighted by molar-refractivity contribution is 5.72. The summed E-state index contributed by atoms with van der Waals surface area (Å²) in [4.78, 5) is 9.18. The van der Waals surface area contributed by atoms with Crippen molar-refractivity contribution in [1.82, 2.24) is 0 Å². The Balaban J connectivity index is 3.87. The lowest BCUT2D eigenvalue weighted by molar-refractivity contribution is -0.103. The van der Waals surface area contributed by atoms with Gasteiger partial charge in [-0.15, -0.1) is 0 Å². The van der Waals surface area contributed by atoms with E-state index >= 15 is 0 Å². The molecule has 8 heavy (non-hydrogen) atoms. The molecule has 44 valence electrons. The number of hydrogen-bond donors (Lipinski definition) is 0. The van der Waals surface area contributed by atoms with Crippen molar-refractivity contribution in [2.45, 2.75) is 6.18 Å². The van der Waals surface area contributed by atoms with E-state index < -0.39 is 6.18 Å². The number of carbonyl (C=O) groups excluding carboxylic acids is 1. The van der Waals surface area contributed by atoms with E-state index in [0.29, 0.717) is 0 Å². The second-order valence-electron chi connectivity index (χ2n) is 0.885. The average molecular weight is 122 g/mol. The van der Waals surface area contributed by atoms with Crippen molar-refractivity contribution in [3.05, 3.63) is 0 Å². The Morgan fingerprint density at radius 3 is 2.00 bits per heavy atom. The molecule has 0 unspecified atom stereocenters. The van der Waals surface area contributed by atoms with E-state index in [1.807, 2.05) is 0 Å². The molecule has 0 fully saturated rings. The second kappa shape index (κ2) is 2.36. The van der Waals surface area contributed by atoms with Crippen molar-refractivity contribution in [1.29, 1.82) is 0 Å². The Labute approximate surface area is 43.5 Å². The Kier molecular flexibility index (Phi) is 2.07. The highest BCUT2D eigenvalue weighted by Crippen LogP contribution is 2.11. The highest BCUT2D eigenvalue weighted by Gasteiger charge is 2.22. The number of rotatable bonds is 0. The lowest BCUT2D eigenvalue weighted by atomic mass is 10.6. The normalized spacial score (nSPS) is 9.38. The Morgan fingerprint density at radius 1 is 1.38 bits per heavy atom. The van der Waals surface area contributed by atoms with Crippen LogP contribution in [0.15, 0.2) is 0 Å². The molecule has 0 rings (SSSR count). The summed E-state index contributed by atoms with van der Waals surface area (Å²) >= 11 is 0. The van der Waals surface area contributed by atoms with E-state index in [1.165, 1.54) is 5.92 Å². The molecule has 0 atom stereocenters. The SMILES string of the molecule is O=CC#CC(F)(F)F. The van der Waals surface area contributed by atoms with Crippen molar-refractivity contribution < 1.29 is 18.0 Å². The summed E-state index contributed by atoms with van der Waals surface area (Å²) in [7, 11) is 0. The maximum atomic E-state index is 10.9. The molecular formula is C4HF3O. The standard InChI is InChI=1S/C4HF3O/c5-4(6,7)2-1-3-8/h3H. The zero-order valence-electron chi connectivity index (χ0n) is 3.62. The van der Waals surface area contributed by atoms with Crippen LogP contribution in [0.25, 0.3) is 0 Å². The quantitative estimate of drug-likeness (QED) is 0.342. The first-order chi connectivity index (χ1) is 3.56. The van der Waals surface area contributed by atoms with Gasteiger partial charge in [-0.25, -0.2) is 0 Å². The molecule has 0 amide bonds.